The first-order chi connectivity index (χ1) is 8.67. The van der Waals surface area contributed by atoms with Gasteiger partial charge in [0, 0.05) is 19.1 Å². The van der Waals surface area contributed by atoms with Gasteiger partial charge in [-0.15, -0.1) is 0 Å². The summed E-state index contributed by atoms with van der Waals surface area (Å²) in [7, 11) is 0. The van der Waals surface area contributed by atoms with Gasteiger partial charge in [-0.1, -0.05) is 40.0 Å². The maximum atomic E-state index is 12.2. The molecule has 1 rings (SSSR count). The van der Waals surface area contributed by atoms with Crippen LogP contribution >= 0.6 is 0 Å². The zero-order valence-corrected chi connectivity index (χ0v) is 12.4. The van der Waals surface area contributed by atoms with Crippen molar-refractivity contribution in [2.75, 3.05) is 13.1 Å². The van der Waals surface area contributed by atoms with Crippen LogP contribution in [-0.4, -0.2) is 30.1 Å². The molecule has 1 saturated heterocycles. The van der Waals surface area contributed by atoms with Crippen molar-refractivity contribution in [1.29, 1.82) is 0 Å². The van der Waals surface area contributed by atoms with Crippen LogP contribution in [0.1, 0.15) is 65.7 Å². The fourth-order valence-electron chi connectivity index (χ4n) is 2.73. The summed E-state index contributed by atoms with van der Waals surface area (Å²) in [4.78, 5) is 14.2. The molecule has 1 N–H and O–H groups in total. The molecule has 2 amide bonds. The van der Waals surface area contributed by atoms with E-state index in [-0.39, 0.29) is 6.03 Å². The van der Waals surface area contributed by atoms with Gasteiger partial charge in [-0.2, -0.15) is 0 Å². The van der Waals surface area contributed by atoms with Crippen molar-refractivity contribution in [3.63, 3.8) is 0 Å². The highest BCUT2D eigenvalue weighted by Crippen LogP contribution is 2.16. The number of urea groups is 1. The average Bonchev–Trinajstić information content (AvgIpc) is 2.36. The van der Waals surface area contributed by atoms with Gasteiger partial charge in [0.25, 0.3) is 0 Å². The second-order valence-electron chi connectivity index (χ2n) is 5.77. The van der Waals surface area contributed by atoms with E-state index in [1.165, 1.54) is 19.3 Å². The molecule has 106 valence electrons. The van der Waals surface area contributed by atoms with Gasteiger partial charge in [-0.3, -0.25) is 0 Å². The molecular weight excluding hydrogens is 224 g/mol. The monoisotopic (exact) mass is 254 g/mol. The Morgan fingerprint density at radius 3 is 2.72 bits per heavy atom. The quantitative estimate of drug-likeness (QED) is 0.768. The Hall–Kier alpha value is -0.730. The van der Waals surface area contributed by atoms with E-state index in [2.05, 4.69) is 26.1 Å². The van der Waals surface area contributed by atoms with Gasteiger partial charge in [0.15, 0.2) is 0 Å². The topological polar surface area (TPSA) is 32.3 Å². The van der Waals surface area contributed by atoms with E-state index >= 15 is 0 Å². The van der Waals surface area contributed by atoms with Gasteiger partial charge < -0.3 is 10.2 Å². The first-order valence-electron chi connectivity index (χ1n) is 7.72. The first kappa shape index (κ1) is 15.3. The Morgan fingerprint density at radius 2 is 2.11 bits per heavy atom. The Kier molecular flexibility index (Phi) is 7.14. The van der Waals surface area contributed by atoms with Gasteiger partial charge in [-0.05, 0) is 31.6 Å². The van der Waals surface area contributed by atoms with E-state index in [0.717, 1.165) is 38.8 Å². The lowest BCUT2D eigenvalue weighted by Gasteiger charge is -2.32. The van der Waals surface area contributed by atoms with Crippen molar-refractivity contribution >= 4 is 6.03 Å². The van der Waals surface area contributed by atoms with Crippen molar-refractivity contribution in [3.8, 4) is 0 Å². The number of hydrogen-bond acceptors (Lipinski definition) is 1. The molecule has 1 aliphatic heterocycles. The third-order valence-corrected chi connectivity index (χ3v) is 3.82. The number of unbranched alkanes of at least 4 members (excludes halogenated alkanes) is 1. The van der Waals surface area contributed by atoms with Crippen molar-refractivity contribution in [2.45, 2.75) is 71.8 Å². The van der Waals surface area contributed by atoms with Crippen LogP contribution in [0.4, 0.5) is 4.79 Å². The molecule has 1 heterocycles. The molecule has 0 aromatic carbocycles. The third-order valence-electron chi connectivity index (χ3n) is 3.82. The maximum absolute atomic E-state index is 12.2. The molecule has 0 aromatic rings. The summed E-state index contributed by atoms with van der Waals surface area (Å²) in [5.41, 5.74) is 0. The van der Waals surface area contributed by atoms with Crippen molar-refractivity contribution in [3.05, 3.63) is 0 Å². The molecule has 0 aromatic heterocycles. The number of carbonyl (C=O) groups is 1. The fourth-order valence-corrected chi connectivity index (χ4v) is 2.73. The predicted molar refractivity (Wildman–Crippen MR) is 76.7 cm³/mol. The molecule has 0 bridgehead atoms. The summed E-state index contributed by atoms with van der Waals surface area (Å²) in [5, 5.41) is 3.23. The summed E-state index contributed by atoms with van der Waals surface area (Å²) in [6, 6.07) is 0.538. The lowest BCUT2D eigenvalue weighted by atomic mass is 10.0. The number of nitrogens with zero attached hydrogens (tertiary/aromatic N) is 1. The Labute approximate surface area is 112 Å². The molecule has 3 nitrogen and oxygen atoms in total. The van der Waals surface area contributed by atoms with Crippen LogP contribution < -0.4 is 5.32 Å². The van der Waals surface area contributed by atoms with Gasteiger partial charge in [0.1, 0.15) is 0 Å². The molecule has 18 heavy (non-hydrogen) atoms. The molecule has 0 saturated carbocycles. The molecule has 1 aliphatic rings. The SMILES string of the molecule is CCCCC(CCC)NC(=O)N1CCCC(C)C1. The van der Waals surface area contributed by atoms with E-state index < -0.39 is 0 Å². The van der Waals surface area contributed by atoms with Crippen LogP contribution in [0.2, 0.25) is 0 Å². The van der Waals surface area contributed by atoms with Crippen molar-refractivity contribution in [2.24, 2.45) is 5.92 Å². The number of hydrogen-bond donors (Lipinski definition) is 1. The van der Waals surface area contributed by atoms with Crippen LogP contribution in [0, 0.1) is 5.92 Å². The van der Waals surface area contributed by atoms with Crippen LogP contribution in [-0.2, 0) is 0 Å². The lowest BCUT2D eigenvalue weighted by molar-refractivity contribution is 0.165. The zero-order valence-electron chi connectivity index (χ0n) is 12.4. The van der Waals surface area contributed by atoms with E-state index in [1.54, 1.807) is 0 Å². The van der Waals surface area contributed by atoms with Gasteiger partial charge in [0.05, 0.1) is 0 Å². The second kappa shape index (κ2) is 8.39. The molecule has 2 unspecified atom stereocenters. The minimum absolute atomic E-state index is 0.163. The van der Waals surface area contributed by atoms with Gasteiger partial charge in [-0.25, -0.2) is 4.79 Å². The predicted octanol–water partition coefficient (Wildman–Crippen LogP) is 3.79. The normalized spacial score (nSPS) is 21.7. The maximum Gasteiger partial charge on any atom is 0.317 e. The molecule has 3 heteroatoms. The Morgan fingerprint density at radius 1 is 1.33 bits per heavy atom. The number of piperidine rings is 1. The Bertz CT molecular complexity index is 243. The first-order valence-corrected chi connectivity index (χ1v) is 7.72. The summed E-state index contributed by atoms with van der Waals surface area (Å²) in [6.45, 7) is 8.49. The standard InChI is InChI=1S/C15H30N2O/c1-4-6-10-14(8-5-2)16-15(18)17-11-7-9-13(3)12-17/h13-14H,4-12H2,1-3H3,(H,16,18). The zero-order chi connectivity index (χ0) is 13.4. The average molecular weight is 254 g/mol. The highest BCUT2D eigenvalue weighted by molar-refractivity contribution is 5.74. The van der Waals surface area contributed by atoms with E-state index in [4.69, 9.17) is 0 Å². The summed E-state index contributed by atoms with van der Waals surface area (Å²) in [6.07, 6.45) is 8.21. The summed E-state index contributed by atoms with van der Waals surface area (Å²) < 4.78 is 0. The van der Waals surface area contributed by atoms with Crippen LogP contribution in [0.5, 0.6) is 0 Å². The number of likely N-dealkylation sites (tertiary alicyclic amines) is 1. The van der Waals surface area contributed by atoms with Crippen LogP contribution in [0.3, 0.4) is 0 Å². The van der Waals surface area contributed by atoms with E-state index in [0.29, 0.717) is 12.0 Å². The molecular formula is C15H30N2O. The number of rotatable bonds is 6. The highest BCUT2D eigenvalue weighted by atomic mass is 16.2. The van der Waals surface area contributed by atoms with Gasteiger partial charge in [0.2, 0.25) is 0 Å². The summed E-state index contributed by atoms with van der Waals surface area (Å²) >= 11 is 0. The lowest BCUT2D eigenvalue weighted by Crippen LogP contribution is -2.48. The highest BCUT2D eigenvalue weighted by Gasteiger charge is 2.22. The molecule has 0 radical (unpaired) electrons. The number of nitrogens with one attached hydrogen (secondary N) is 1. The minimum atomic E-state index is 0.163. The van der Waals surface area contributed by atoms with Gasteiger partial charge >= 0.3 is 6.03 Å². The van der Waals surface area contributed by atoms with E-state index in [9.17, 15) is 4.79 Å². The van der Waals surface area contributed by atoms with Crippen molar-refractivity contribution in [1.82, 2.24) is 10.2 Å². The Balaban J connectivity index is 2.38. The van der Waals surface area contributed by atoms with Crippen molar-refractivity contribution < 1.29 is 4.79 Å². The third kappa shape index (κ3) is 5.28. The molecule has 0 aliphatic carbocycles. The molecule has 2 atom stereocenters. The summed E-state index contributed by atoms with van der Waals surface area (Å²) in [5.74, 6) is 0.657. The number of amides is 2. The van der Waals surface area contributed by atoms with Crippen LogP contribution in [0.15, 0.2) is 0 Å². The largest absolute Gasteiger partial charge is 0.335 e. The molecule has 0 spiro atoms. The second-order valence-corrected chi connectivity index (χ2v) is 5.77. The smallest absolute Gasteiger partial charge is 0.317 e. The van der Waals surface area contributed by atoms with Crippen LogP contribution in [0.25, 0.3) is 0 Å². The van der Waals surface area contributed by atoms with E-state index in [1.807, 2.05) is 4.90 Å². The fraction of sp³-hybridized carbons (Fsp3) is 0.933. The minimum Gasteiger partial charge on any atom is -0.335 e. The number of carbonyl (C=O) groups excluding carboxylic acids is 1. The molecule has 1 fully saturated rings.